The van der Waals surface area contributed by atoms with Crippen LogP contribution in [-0.2, 0) is 4.74 Å². The number of nitrogens with zero attached hydrogens (tertiary/aromatic N) is 2. The molecule has 0 saturated carbocycles. The second-order valence-corrected chi connectivity index (χ2v) is 6.37. The molecule has 0 radical (unpaired) electrons. The van der Waals surface area contributed by atoms with Crippen molar-refractivity contribution in [3.63, 3.8) is 0 Å². The van der Waals surface area contributed by atoms with Crippen LogP contribution in [0.2, 0.25) is 0 Å². The summed E-state index contributed by atoms with van der Waals surface area (Å²) in [4.78, 5) is 14.6. The highest BCUT2D eigenvalue weighted by Gasteiger charge is 2.29. The molecule has 5 heteroatoms. The van der Waals surface area contributed by atoms with Crippen LogP contribution in [0.1, 0.15) is 24.2 Å². The maximum absolute atomic E-state index is 12.2. The van der Waals surface area contributed by atoms with E-state index in [0.717, 1.165) is 31.8 Å². The Hall–Kier alpha value is -1.85. The molecule has 1 N–H and O–H groups in total. The van der Waals surface area contributed by atoms with E-state index < -0.39 is 0 Å². The van der Waals surface area contributed by atoms with Gasteiger partial charge in [-0.1, -0.05) is 6.07 Å². The zero-order chi connectivity index (χ0) is 15.6. The summed E-state index contributed by atoms with van der Waals surface area (Å²) in [6, 6.07) is 7.83. The smallest absolute Gasteiger partial charge is 0.252 e. The van der Waals surface area contributed by atoms with Gasteiger partial charge in [-0.3, -0.25) is 9.69 Å². The molecule has 1 aliphatic rings. The monoisotopic (exact) mass is 301 g/mol. The van der Waals surface area contributed by atoms with Gasteiger partial charge in [0.2, 0.25) is 0 Å². The van der Waals surface area contributed by atoms with Crippen LogP contribution in [0.5, 0.6) is 0 Å². The number of rotatable bonds is 4. The molecular weight excluding hydrogens is 278 g/mol. The van der Waals surface area contributed by atoms with Crippen molar-refractivity contribution in [1.29, 1.82) is 0 Å². The summed E-state index contributed by atoms with van der Waals surface area (Å²) in [5.41, 5.74) is 1.77. The Kier molecular flexibility index (Phi) is 4.18. The van der Waals surface area contributed by atoms with Crippen LogP contribution >= 0.6 is 0 Å². The number of amides is 1. The van der Waals surface area contributed by atoms with E-state index in [1.54, 1.807) is 0 Å². The summed E-state index contributed by atoms with van der Waals surface area (Å²) in [5, 5.41) is 3.01. The van der Waals surface area contributed by atoms with Gasteiger partial charge in [-0.05, 0) is 32.0 Å². The van der Waals surface area contributed by atoms with Crippen molar-refractivity contribution in [2.75, 3.05) is 32.8 Å². The molecule has 118 valence electrons. The van der Waals surface area contributed by atoms with Gasteiger partial charge in [-0.2, -0.15) is 0 Å². The quantitative estimate of drug-likeness (QED) is 0.936. The zero-order valence-electron chi connectivity index (χ0n) is 13.2. The lowest BCUT2D eigenvalue weighted by atomic mass is 10.0. The third-order valence-corrected chi connectivity index (χ3v) is 4.25. The molecule has 0 bridgehead atoms. The lowest BCUT2D eigenvalue weighted by Gasteiger charge is -2.42. The lowest BCUT2D eigenvalue weighted by Crippen LogP contribution is -2.54. The molecule has 0 unspecified atom stereocenters. The Balaban J connectivity index is 1.56. The van der Waals surface area contributed by atoms with Crippen LogP contribution in [-0.4, -0.2) is 53.6 Å². The number of hydrogen-bond donors (Lipinski definition) is 1. The van der Waals surface area contributed by atoms with Crippen molar-refractivity contribution < 1.29 is 9.53 Å². The van der Waals surface area contributed by atoms with Crippen molar-refractivity contribution in [3.05, 3.63) is 42.2 Å². The Morgan fingerprint density at radius 1 is 1.41 bits per heavy atom. The number of morpholine rings is 1. The Labute approximate surface area is 130 Å². The molecule has 3 heterocycles. The summed E-state index contributed by atoms with van der Waals surface area (Å²) < 4.78 is 7.47. The molecule has 3 rings (SSSR count). The Morgan fingerprint density at radius 3 is 3.05 bits per heavy atom. The molecule has 5 nitrogen and oxygen atoms in total. The number of aromatic nitrogens is 1. The highest BCUT2D eigenvalue weighted by atomic mass is 16.5. The van der Waals surface area contributed by atoms with Crippen molar-refractivity contribution in [3.8, 4) is 0 Å². The molecular formula is C17H23N3O2. The number of hydrogen-bond acceptors (Lipinski definition) is 3. The van der Waals surface area contributed by atoms with Gasteiger partial charge in [0.05, 0.1) is 18.8 Å². The predicted molar refractivity (Wildman–Crippen MR) is 86.2 cm³/mol. The number of pyridine rings is 1. The second kappa shape index (κ2) is 6.10. The fourth-order valence-corrected chi connectivity index (χ4v) is 2.89. The first-order valence-electron chi connectivity index (χ1n) is 7.74. The summed E-state index contributed by atoms with van der Waals surface area (Å²) >= 11 is 0. The van der Waals surface area contributed by atoms with Crippen LogP contribution in [0.15, 0.2) is 36.7 Å². The average molecular weight is 301 g/mol. The first kappa shape index (κ1) is 15.1. The van der Waals surface area contributed by atoms with E-state index >= 15 is 0 Å². The van der Waals surface area contributed by atoms with E-state index in [0.29, 0.717) is 12.1 Å². The SMILES string of the molecule is CC1(C)COCCN1CCNC(=O)c1cc2ccccn2c1. The summed E-state index contributed by atoms with van der Waals surface area (Å²) in [6.07, 6.45) is 3.81. The number of carbonyl (C=O) groups is 1. The van der Waals surface area contributed by atoms with Gasteiger partial charge in [0.1, 0.15) is 0 Å². The van der Waals surface area contributed by atoms with E-state index in [-0.39, 0.29) is 11.4 Å². The molecule has 1 amide bonds. The van der Waals surface area contributed by atoms with Gasteiger partial charge < -0.3 is 14.5 Å². The fraction of sp³-hybridized carbons (Fsp3) is 0.471. The van der Waals surface area contributed by atoms with Crippen molar-refractivity contribution in [1.82, 2.24) is 14.6 Å². The maximum atomic E-state index is 12.2. The number of carbonyl (C=O) groups excluding carboxylic acids is 1. The van der Waals surface area contributed by atoms with Crippen LogP contribution in [0.4, 0.5) is 0 Å². The van der Waals surface area contributed by atoms with Gasteiger partial charge in [0.25, 0.3) is 5.91 Å². The van der Waals surface area contributed by atoms with Gasteiger partial charge >= 0.3 is 0 Å². The molecule has 0 aliphatic carbocycles. The normalized spacial score (nSPS) is 18.5. The molecule has 1 saturated heterocycles. The van der Waals surface area contributed by atoms with Crippen LogP contribution in [0.3, 0.4) is 0 Å². The van der Waals surface area contributed by atoms with Gasteiger partial charge in [-0.25, -0.2) is 0 Å². The second-order valence-electron chi connectivity index (χ2n) is 6.37. The topological polar surface area (TPSA) is 46.0 Å². The molecule has 0 aromatic carbocycles. The maximum Gasteiger partial charge on any atom is 0.252 e. The first-order chi connectivity index (χ1) is 10.6. The summed E-state index contributed by atoms with van der Waals surface area (Å²) in [7, 11) is 0. The van der Waals surface area contributed by atoms with Crippen molar-refractivity contribution in [2.45, 2.75) is 19.4 Å². The molecule has 2 aromatic heterocycles. The standard InChI is InChI=1S/C17H23N3O2/c1-17(2)13-22-10-9-20(17)8-6-18-16(21)14-11-15-5-3-4-7-19(15)12-14/h3-5,7,11-12H,6,8-10,13H2,1-2H3,(H,18,21). The van der Waals surface area contributed by atoms with Crippen LogP contribution in [0, 0.1) is 0 Å². The highest BCUT2D eigenvalue weighted by Crippen LogP contribution is 2.18. The van der Waals surface area contributed by atoms with Gasteiger partial charge in [0, 0.05) is 43.1 Å². The van der Waals surface area contributed by atoms with E-state index in [4.69, 9.17) is 4.74 Å². The minimum Gasteiger partial charge on any atom is -0.378 e. The van der Waals surface area contributed by atoms with Crippen molar-refractivity contribution >= 4 is 11.4 Å². The number of nitrogens with one attached hydrogen (secondary N) is 1. The average Bonchev–Trinajstić information content (AvgIpc) is 2.92. The summed E-state index contributed by atoms with van der Waals surface area (Å²) in [5.74, 6) is -0.0187. The van der Waals surface area contributed by atoms with Crippen molar-refractivity contribution in [2.24, 2.45) is 0 Å². The zero-order valence-corrected chi connectivity index (χ0v) is 13.2. The molecule has 1 aliphatic heterocycles. The number of fused-ring (bicyclic) bond motifs is 1. The lowest BCUT2D eigenvalue weighted by molar-refractivity contribution is -0.0498. The highest BCUT2D eigenvalue weighted by molar-refractivity contribution is 5.95. The molecule has 22 heavy (non-hydrogen) atoms. The van der Waals surface area contributed by atoms with E-state index in [1.807, 2.05) is 41.1 Å². The molecule has 1 fully saturated rings. The Morgan fingerprint density at radius 2 is 2.27 bits per heavy atom. The van der Waals surface area contributed by atoms with E-state index in [9.17, 15) is 4.79 Å². The summed E-state index contributed by atoms with van der Waals surface area (Å²) in [6.45, 7) is 8.26. The third-order valence-electron chi connectivity index (χ3n) is 4.25. The van der Waals surface area contributed by atoms with Crippen LogP contribution in [0.25, 0.3) is 5.52 Å². The molecule has 0 atom stereocenters. The number of ether oxygens (including phenoxy) is 1. The third kappa shape index (κ3) is 3.15. The Bertz CT molecular complexity index is 630. The van der Waals surface area contributed by atoms with Gasteiger partial charge in [-0.15, -0.1) is 0 Å². The largest absolute Gasteiger partial charge is 0.378 e. The minimum absolute atomic E-state index is 0.0187. The fourth-order valence-electron chi connectivity index (χ4n) is 2.89. The van der Waals surface area contributed by atoms with E-state index in [2.05, 4.69) is 24.1 Å². The minimum atomic E-state index is -0.0187. The molecule has 2 aromatic rings. The van der Waals surface area contributed by atoms with E-state index in [1.165, 1.54) is 0 Å². The van der Waals surface area contributed by atoms with Gasteiger partial charge in [0.15, 0.2) is 0 Å². The van der Waals surface area contributed by atoms with Crippen LogP contribution < -0.4 is 5.32 Å². The predicted octanol–water partition coefficient (Wildman–Crippen LogP) is 1.78. The molecule has 0 spiro atoms. The first-order valence-corrected chi connectivity index (χ1v) is 7.74.